The lowest BCUT2D eigenvalue weighted by molar-refractivity contribution is -0.384. The first-order valence-corrected chi connectivity index (χ1v) is 7.08. The van der Waals surface area contributed by atoms with Gasteiger partial charge in [-0.25, -0.2) is 9.97 Å². The van der Waals surface area contributed by atoms with Gasteiger partial charge in [0.1, 0.15) is 17.5 Å². The van der Waals surface area contributed by atoms with Crippen molar-refractivity contribution in [3.8, 4) is 5.82 Å². The molecule has 0 aliphatic rings. The van der Waals surface area contributed by atoms with Crippen molar-refractivity contribution in [2.45, 2.75) is 33.1 Å². The van der Waals surface area contributed by atoms with Crippen LogP contribution in [0.3, 0.4) is 0 Å². The fourth-order valence-electron chi connectivity index (χ4n) is 2.03. The van der Waals surface area contributed by atoms with Crippen LogP contribution in [0, 0.1) is 10.1 Å². The normalized spacial score (nSPS) is 10.6. The maximum absolute atomic E-state index is 11.1. The molecule has 0 saturated carbocycles. The molecule has 2 aromatic rings. The highest BCUT2D eigenvalue weighted by Crippen LogP contribution is 2.21. The Morgan fingerprint density at radius 1 is 1.33 bits per heavy atom. The van der Waals surface area contributed by atoms with Gasteiger partial charge in [0.05, 0.1) is 17.1 Å². The van der Waals surface area contributed by atoms with Gasteiger partial charge in [-0.05, 0) is 12.8 Å². The first kappa shape index (κ1) is 15.0. The van der Waals surface area contributed by atoms with Gasteiger partial charge in [-0.2, -0.15) is 0 Å². The maximum atomic E-state index is 11.1. The van der Waals surface area contributed by atoms with E-state index in [-0.39, 0.29) is 5.69 Å². The van der Waals surface area contributed by atoms with E-state index in [4.69, 9.17) is 0 Å². The number of rotatable bonds is 7. The highest BCUT2D eigenvalue weighted by atomic mass is 16.6. The summed E-state index contributed by atoms with van der Waals surface area (Å²) >= 11 is 0. The van der Waals surface area contributed by atoms with Gasteiger partial charge < -0.3 is 5.32 Å². The quantitative estimate of drug-likeness (QED) is 0.625. The second kappa shape index (κ2) is 6.83. The molecule has 0 spiro atoms. The second-order valence-electron chi connectivity index (χ2n) is 4.72. The van der Waals surface area contributed by atoms with Crippen molar-refractivity contribution in [3.05, 3.63) is 40.5 Å². The summed E-state index contributed by atoms with van der Waals surface area (Å²) in [6.07, 6.45) is 6.14. The van der Waals surface area contributed by atoms with Crippen LogP contribution in [0.25, 0.3) is 5.82 Å². The lowest BCUT2D eigenvalue weighted by atomic mass is 10.3. The molecule has 0 unspecified atom stereocenters. The lowest BCUT2D eigenvalue weighted by Crippen LogP contribution is -2.08. The summed E-state index contributed by atoms with van der Waals surface area (Å²) in [5.74, 6) is 1.88. The molecule has 2 heterocycles. The van der Waals surface area contributed by atoms with Crippen molar-refractivity contribution in [1.29, 1.82) is 0 Å². The van der Waals surface area contributed by atoms with Crippen LogP contribution < -0.4 is 5.32 Å². The minimum atomic E-state index is -0.404. The van der Waals surface area contributed by atoms with Crippen LogP contribution in [0.15, 0.2) is 24.5 Å². The molecule has 0 aliphatic heterocycles. The number of nitrogens with zero attached hydrogens (tertiary/aromatic N) is 4. The summed E-state index contributed by atoms with van der Waals surface area (Å²) < 4.78 is 1.80. The van der Waals surface area contributed by atoms with Gasteiger partial charge in [-0.3, -0.25) is 14.7 Å². The number of aromatic nitrogens is 3. The SMILES string of the molecule is CCCNc1cc([N+](=O)[O-])cc(-n2ccnc2CCC)n1. The van der Waals surface area contributed by atoms with E-state index in [0.717, 1.165) is 31.6 Å². The van der Waals surface area contributed by atoms with Crippen LogP contribution >= 0.6 is 0 Å². The Labute approximate surface area is 123 Å². The van der Waals surface area contributed by atoms with Crippen molar-refractivity contribution < 1.29 is 4.92 Å². The van der Waals surface area contributed by atoms with Crippen LogP contribution in [0.1, 0.15) is 32.5 Å². The van der Waals surface area contributed by atoms with Gasteiger partial charge >= 0.3 is 0 Å². The number of aryl methyl sites for hydroxylation is 1. The molecule has 21 heavy (non-hydrogen) atoms. The first-order chi connectivity index (χ1) is 10.2. The number of hydrogen-bond acceptors (Lipinski definition) is 5. The summed E-state index contributed by atoms with van der Waals surface area (Å²) in [5.41, 5.74) is 0.0229. The summed E-state index contributed by atoms with van der Waals surface area (Å²) in [5, 5.41) is 14.2. The zero-order chi connectivity index (χ0) is 15.2. The second-order valence-corrected chi connectivity index (χ2v) is 4.72. The molecular formula is C14H19N5O2. The molecule has 0 bridgehead atoms. The molecule has 7 nitrogen and oxygen atoms in total. The van der Waals surface area contributed by atoms with E-state index < -0.39 is 4.92 Å². The van der Waals surface area contributed by atoms with E-state index in [1.165, 1.54) is 12.1 Å². The summed E-state index contributed by atoms with van der Waals surface area (Å²) in [7, 11) is 0. The Hall–Kier alpha value is -2.44. The Kier molecular flexibility index (Phi) is 4.86. The molecule has 112 valence electrons. The van der Waals surface area contributed by atoms with Crippen LogP contribution in [-0.2, 0) is 6.42 Å². The zero-order valence-corrected chi connectivity index (χ0v) is 12.2. The number of hydrogen-bond donors (Lipinski definition) is 1. The topological polar surface area (TPSA) is 85.9 Å². The largest absolute Gasteiger partial charge is 0.370 e. The van der Waals surface area contributed by atoms with Crippen molar-refractivity contribution in [2.75, 3.05) is 11.9 Å². The molecule has 0 radical (unpaired) electrons. The summed E-state index contributed by atoms with van der Waals surface area (Å²) in [6.45, 7) is 4.81. The molecule has 1 N–H and O–H groups in total. The van der Waals surface area contributed by atoms with Gasteiger partial charge in [-0.15, -0.1) is 0 Å². The zero-order valence-electron chi connectivity index (χ0n) is 12.2. The molecule has 0 amide bonds. The van der Waals surface area contributed by atoms with Gasteiger partial charge in [0.15, 0.2) is 0 Å². The van der Waals surface area contributed by atoms with Crippen molar-refractivity contribution in [3.63, 3.8) is 0 Å². The van der Waals surface area contributed by atoms with Gasteiger partial charge in [0, 0.05) is 25.4 Å². The van der Waals surface area contributed by atoms with Crippen LogP contribution in [0.5, 0.6) is 0 Å². The fraction of sp³-hybridized carbons (Fsp3) is 0.429. The van der Waals surface area contributed by atoms with Gasteiger partial charge in [0.25, 0.3) is 5.69 Å². The third-order valence-electron chi connectivity index (χ3n) is 3.00. The van der Waals surface area contributed by atoms with Crippen molar-refractivity contribution in [2.24, 2.45) is 0 Å². The Morgan fingerprint density at radius 2 is 2.14 bits per heavy atom. The molecule has 0 aliphatic carbocycles. The smallest absolute Gasteiger partial charge is 0.276 e. The van der Waals surface area contributed by atoms with E-state index in [1.807, 2.05) is 6.92 Å². The predicted octanol–water partition coefficient (Wildman–Crippen LogP) is 2.95. The molecule has 2 rings (SSSR count). The van der Waals surface area contributed by atoms with Gasteiger partial charge in [0.2, 0.25) is 0 Å². The standard InChI is InChI=1S/C14H19N5O2/c1-3-5-13-16-7-8-18(13)14-10-11(19(20)21)9-12(17-14)15-6-4-2/h7-10H,3-6H2,1-2H3,(H,15,17). The molecule has 7 heteroatoms. The molecular weight excluding hydrogens is 270 g/mol. The molecule has 0 fully saturated rings. The molecule has 0 atom stereocenters. The molecule has 0 aromatic carbocycles. The monoisotopic (exact) mass is 289 g/mol. The van der Waals surface area contributed by atoms with Crippen LogP contribution in [-0.4, -0.2) is 26.0 Å². The fourth-order valence-corrected chi connectivity index (χ4v) is 2.03. The highest BCUT2D eigenvalue weighted by molar-refractivity contribution is 5.50. The highest BCUT2D eigenvalue weighted by Gasteiger charge is 2.14. The minimum absolute atomic E-state index is 0.0229. The van der Waals surface area contributed by atoms with E-state index in [9.17, 15) is 10.1 Å². The number of pyridine rings is 1. The molecule has 0 saturated heterocycles. The van der Waals surface area contributed by atoms with E-state index in [2.05, 4.69) is 22.2 Å². The first-order valence-electron chi connectivity index (χ1n) is 7.08. The maximum Gasteiger partial charge on any atom is 0.276 e. The van der Waals surface area contributed by atoms with Crippen molar-refractivity contribution in [1.82, 2.24) is 14.5 Å². The minimum Gasteiger partial charge on any atom is -0.370 e. The van der Waals surface area contributed by atoms with Crippen LogP contribution in [0.4, 0.5) is 11.5 Å². The summed E-state index contributed by atoms with van der Waals surface area (Å²) in [6, 6.07) is 2.92. The number of imidazole rings is 1. The lowest BCUT2D eigenvalue weighted by Gasteiger charge is -2.09. The Balaban J connectivity index is 2.43. The predicted molar refractivity (Wildman–Crippen MR) is 80.8 cm³/mol. The summed E-state index contributed by atoms with van der Waals surface area (Å²) in [4.78, 5) is 19.4. The van der Waals surface area contributed by atoms with Crippen LogP contribution in [0.2, 0.25) is 0 Å². The number of nitrogens with one attached hydrogen (secondary N) is 1. The van der Waals surface area contributed by atoms with E-state index in [0.29, 0.717) is 11.6 Å². The number of anilines is 1. The Morgan fingerprint density at radius 3 is 2.81 bits per heavy atom. The average molecular weight is 289 g/mol. The van der Waals surface area contributed by atoms with Gasteiger partial charge in [-0.1, -0.05) is 13.8 Å². The average Bonchev–Trinajstić information content (AvgIpc) is 2.93. The van der Waals surface area contributed by atoms with Crippen molar-refractivity contribution >= 4 is 11.5 Å². The van der Waals surface area contributed by atoms with E-state index in [1.54, 1.807) is 17.0 Å². The molecule has 2 aromatic heterocycles. The van der Waals surface area contributed by atoms with E-state index >= 15 is 0 Å². The Bertz CT molecular complexity index is 624. The number of nitro groups is 1. The third-order valence-corrected chi connectivity index (χ3v) is 3.00. The third kappa shape index (κ3) is 3.56.